The van der Waals surface area contributed by atoms with Crippen molar-refractivity contribution in [3.8, 4) is 11.3 Å². The quantitative estimate of drug-likeness (QED) is 0.536. The second kappa shape index (κ2) is 6.64. The van der Waals surface area contributed by atoms with E-state index in [1.807, 2.05) is 48.5 Å². The molecule has 0 saturated heterocycles. The predicted molar refractivity (Wildman–Crippen MR) is 101 cm³/mol. The Hall–Kier alpha value is -3.54. The van der Waals surface area contributed by atoms with E-state index in [9.17, 15) is 0 Å². The summed E-state index contributed by atoms with van der Waals surface area (Å²) < 4.78 is 17.4. The molecule has 3 aromatic heterocycles. The molecule has 0 radical (unpaired) electrons. The minimum atomic E-state index is -0.128. The highest BCUT2D eigenvalue weighted by Crippen LogP contribution is 2.43. The third kappa shape index (κ3) is 2.85. The van der Waals surface area contributed by atoms with E-state index in [1.54, 1.807) is 12.5 Å². The lowest BCUT2D eigenvalue weighted by atomic mass is 10.00. The Morgan fingerprint density at radius 3 is 2.78 bits per heavy atom. The topological polar surface area (TPSA) is 73.3 Å². The van der Waals surface area contributed by atoms with Crippen molar-refractivity contribution in [2.75, 3.05) is 5.32 Å². The van der Waals surface area contributed by atoms with E-state index in [-0.39, 0.29) is 6.10 Å². The number of furan rings is 2. The van der Waals surface area contributed by atoms with Gasteiger partial charge in [-0.2, -0.15) is 0 Å². The molecule has 27 heavy (non-hydrogen) atoms. The van der Waals surface area contributed by atoms with Crippen LogP contribution in [0.4, 0.5) is 5.82 Å². The summed E-state index contributed by atoms with van der Waals surface area (Å²) in [6, 6.07) is 13.8. The summed E-state index contributed by atoms with van der Waals surface area (Å²) in [5.41, 5.74) is 2.48. The number of aromatic nitrogens is 2. The van der Waals surface area contributed by atoms with Crippen LogP contribution in [-0.2, 0) is 11.3 Å². The Labute approximate surface area is 155 Å². The maximum absolute atomic E-state index is 6.15. The Bertz CT molecular complexity index is 1080. The minimum Gasteiger partial charge on any atom is -0.493 e. The van der Waals surface area contributed by atoms with Gasteiger partial charge in [0.25, 0.3) is 0 Å². The molecule has 134 valence electrons. The number of hydrogen-bond donors (Lipinski definition) is 1. The van der Waals surface area contributed by atoms with Crippen molar-refractivity contribution in [3.05, 3.63) is 78.7 Å². The first-order valence-electron chi connectivity index (χ1n) is 8.79. The van der Waals surface area contributed by atoms with Crippen molar-refractivity contribution in [2.45, 2.75) is 19.1 Å². The summed E-state index contributed by atoms with van der Waals surface area (Å²) in [5, 5.41) is 4.18. The van der Waals surface area contributed by atoms with Crippen LogP contribution in [0, 0.1) is 0 Å². The zero-order valence-corrected chi connectivity index (χ0v) is 14.5. The highest BCUT2D eigenvalue weighted by molar-refractivity contribution is 5.94. The van der Waals surface area contributed by atoms with Crippen LogP contribution in [-0.4, -0.2) is 9.97 Å². The van der Waals surface area contributed by atoms with Gasteiger partial charge in [-0.15, -0.1) is 0 Å². The monoisotopic (exact) mass is 359 g/mol. The first kappa shape index (κ1) is 15.7. The zero-order chi connectivity index (χ0) is 18.1. The van der Waals surface area contributed by atoms with E-state index in [1.165, 1.54) is 6.33 Å². The van der Waals surface area contributed by atoms with E-state index in [0.29, 0.717) is 18.1 Å². The van der Waals surface area contributed by atoms with E-state index < -0.39 is 0 Å². The second-order valence-electron chi connectivity index (χ2n) is 6.28. The Morgan fingerprint density at radius 1 is 1.07 bits per heavy atom. The molecular formula is C21H17N3O3. The van der Waals surface area contributed by atoms with Crippen LogP contribution in [0.25, 0.3) is 22.4 Å². The molecule has 4 aromatic rings. The van der Waals surface area contributed by atoms with Gasteiger partial charge in [0.15, 0.2) is 0 Å². The van der Waals surface area contributed by atoms with Crippen LogP contribution < -0.4 is 5.32 Å². The van der Waals surface area contributed by atoms with Crippen LogP contribution in [0.2, 0.25) is 0 Å². The smallest absolute Gasteiger partial charge is 0.232 e. The Balaban J connectivity index is 1.64. The van der Waals surface area contributed by atoms with E-state index in [0.717, 1.165) is 34.5 Å². The second-order valence-corrected chi connectivity index (χ2v) is 6.28. The molecule has 0 aliphatic carbocycles. The van der Waals surface area contributed by atoms with Crippen molar-refractivity contribution >= 4 is 16.9 Å². The Morgan fingerprint density at radius 2 is 2.00 bits per heavy atom. The first-order valence-corrected chi connectivity index (χ1v) is 8.79. The Kier molecular flexibility index (Phi) is 3.86. The summed E-state index contributed by atoms with van der Waals surface area (Å²) in [6.07, 6.45) is 7.55. The number of nitrogens with zero attached hydrogens (tertiary/aromatic N) is 2. The minimum absolute atomic E-state index is 0.128. The molecule has 0 bridgehead atoms. The van der Waals surface area contributed by atoms with Gasteiger partial charge in [0, 0.05) is 12.0 Å². The van der Waals surface area contributed by atoms with Crippen LogP contribution in [0.3, 0.4) is 0 Å². The van der Waals surface area contributed by atoms with Crippen LogP contribution in [0.5, 0.6) is 0 Å². The number of rotatable bonds is 5. The molecule has 1 unspecified atom stereocenters. The predicted octanol–water partition coefficient (Wildman–Crippen LogP) is 5.07. The molecule has 1 N–H and O–H groups in total. The molecule has 1 aromatic carbocycles. The maximum Gasteiger partial charge on any atom is 0.232 e. The summed E-state index contributed by atoms with van der Waals surface area (Å²) in [4.78, 5) is 8.79. The molecule has 4 heterocycles. The molecule has 1 aliphatic heterocycles. The molecule has 5 rings (SSSR count). The van der Waals surface area contributed by atoms with Crippen molar-refractivity contribution in [1.82, 2.24) is 9.97 Å². The normalized spacial score (nSPS) is 15.9. The summed E-state index contributed by atoms with van der Waals surface area (Å²) in [5.74, 6) is 2.29. The number of nitrogens with one attached hydrogen (secondary N) is 1. The van der Waals surface area contributed by atoms with Gasteiger partial charge in [0.05, 0.1) is 30.0 Å². The fraction of sp³-hybridized carbons (Fsp3) is 0.143. The van der Waals surface area contributed by atoms with Gasteiger partial charge in [-0.1, -0.05) is 30.3 Å². The van der Waals surface area contributed by atoms with Crippen molar-refractivity contribution in [1.29, 1.82) is 0 Å². The van der Waals surface area contributed by atoms with Crippen molar-refractivity contribution in [2.24, 2.45) is 0 Å². The number of ether oxygens (including phenoxy) is 1. The van der Waals surface area contributed by atoms with Gasteiger partial charge in [-0.05, 0) is 18.2 Å². The number of anilines is 1. The fourth-order valence-corrected chi connectivity index (χ4v) is 3.35. The van der Waals surface area contributed by atoms with Gasteiger partial charge in [0.1, 0.15) is 29.8 Å². The van der Waals surface area contributed by atoms with Crippen LogP contribution in [0.15, 0.2) is 76.2 Å². The van der Waals surface area contributed by atoms with Gasteiger partial charge in [0.2, 0.25) is 5.71 Å². The summed E-state index contributed by atoms with van der Waals surface area (Å²) in [6.45, 7) is 0.522. The third-order valence-electron chi connectivity index (χ3n) is 4.58. The number of fused-ring (bicyclic) bond motifs is 1. The largest absolute Gasteiger partial charge is 0.493 e. The van der Waals surface area contributed by atoms with E-state index in [4.69, 9.17) is 13.6 Å². The van der Waals surface area contributed by atoms with Gasteiger partial charge in [-0.25, -0.2) is 9.97 Å². The lowest BCUT2D eigenvalue weighted by molar-refractivity contribution is 0.174. The molecule has 0 spiro atoms. The molecule has 1 atom stereocenters. The molecule has 0 saturated carbocycles. The molecule has 0 fully saturated rings. The van der Waals surface area contributed by atoms with E-state index >= 15 is 0 Å². The van der Waals surface area contributed by atoms with Gasteiger partial charge in [-0.3, -0.25) is 0 Å². The van der Waals surface area contributed by atoms with Gasteiger partial charge >= 0.3 is 0 Å². The summed E-state index contributed by atoms with van der Waals surface area (Å²) in [7, 11) is 0. The highest BCUT2D eigenvalue weighted by Gasteiger charge is 2.28. The third-order valence-corrected chi connectivity index (χ3v) is 4.58. The summed E-state index contributed by atoms with van der Waals surface area (Å²) >= 11 is 0. The molecule has 6 nitrogen and oxygen atoms in total. The van der Waals surface area contributed by atoms with Crippen LogP contribution in [0.1, 0.15) is 23.8 Å². The average molecular weight is 359 g/mol. The van der Waals surface area contributed by atoms with E-state index in [2.05, 4.69) is 15.3 Å². The maximum atomic E-state index is 6.15. The molecular weight excluding hydrogens is 342 g/mol. The van der Waals surface area contributed by atoms with Crippen molar-refractivity contribution in [3.63, 3.8) is 0 Å². The zero-order valence-electron chi connectivity index (χ0n) is 14.5. The lowest BCUT2D eigenvalue weighted by Crippen LogP contribution is -2.04. The van der Waals surface area contributed by atoms with Crippen molar-refractivity contribution < 1.29 is 13.6 Å². The first-order chi connectivity index (χ1) is 13.4. The van der Waals surface area contributed by atoms with Gasteiger partial charge < -0.3 is 18.9 Å². The standard InChI is InChI=1S/C21H17N3O3/c1-2-6-14(7-3-1)19-17(16-9-5-11-26-16)18-20(23-13-24-21(18)27-19)22-12-15-8-4-10-25-15/h1-8,10-11,13,16H,9,12H2,(H,22,23,24). The number of hydrogen-bond acceptors (Lipinski definition) is 6. The van der Waals surface area contributed by atoms with Crippen LogP contribution >= 0.6 is 0 Å². The number of benzene rings is 1. The fourth-order valence-electron chi connectivity index (χ4n) is 3.35. The highest BCUT2D eigenvalue weighted by atomic mass is 16.5. The molecule has 0 amide bonds. The molecule has 1 aliphatic rings. The lowest BCUT2D eigenvalue weighted by Gasteiger charge is -2.13. The molecule has 6 heteroatoms. The average Bonchev–Trinajstić information content (AvgIpc) is 3.47. The SMILES string of the molecule is C1=COC(c2c(-c3ccccc3)oc3ncnc(NCc4ccco4)c23)C1.